The third-order valence-electron chi connectivity index (χ3n) is 4.32. The molecule has 2 heterocycles. The summed E-state index contributed by atoms with van der Waals surface area (Å²) in [6.07, 6.45) is 4.26. The van der Waals surface area contributed by atoms with Crippen molar-refractivity contribution in [3.8, 4) is 0 Å². The van der Waals surface area contributed by atoms with E-state index in [1.165, 1.54) is 32.4 Å². The number of nitrogens with one attached hydrogen (secondary N) is 1. The predicted molar refractivity (Wildman–Crippen MR) is 66.6 cm³/mol. The topological polar surface area (TPSA) is 24.5 Å². The lowest BCUT2D eigenvalue weighted by Crippen LogP contribution is -2.46. The quantitative estimate of drug-likeness (QED) is 0.789. The van der Waals surface area contributed by atoms with Gasteiger partial charge in [0.05, 0.1) is 6.10 Å². The van der Waals surface area contributed by atoms with Crippen LogP contribution in [0.25, 0.3) is 0 Å². The lowest BCUT2D eigenvalue weighted by molar-refractivity contribution is 0.105. The summed E-state index contributed by atoms with van der Waals surface area (Å²) < 4.78 is 5.60. The molecular weight excluding hydrogens is 200 g/mol. The summed E-state index contributed by atoms with van der Waals surface area (Å²) in [4.78, 5) is 2.44. The highest BCUT2D eigenvalue weighted by atomic mass is 16.5. The van der Waals surface area contributed by atoms with Gasteiger partial charge in [0, 0.05) is 18.7 Å². The van der Waals surface area contributed by atoms with Crippen LogP contribution in [0.15, 0.2) is 0 Å². The normalized spacial score (nSPS) is 35.4. The molecule has 0 aliphatic carbocycles. The molecule has 2 fully saturated rings. The van der Waals surface area contributed by atoms with Crippen LogP contribution < -0.4 is 5.32 Å². The van der Waals surface area contributed by atoms with Crippen molar-refractivity contribution in [2.45, 2.75) is 51.3 Å². The van der Waals surface area contributed by atoms with Gasteiger partial charge in [0.25, 0.3) is 0 Å². The lowest BCUT2D eigenvalue weighted by Gasteiger charge is -2.34. The van der Waals surface area contributed by atoms with Gasteiger partial charge in [-0.3, -0.25) is 0 Å². The SMILES string of the molecule is CC(NC1CCOC1C)C1CCN(C)CC1. The Morgan fingerprint density at radius 1 is 1.25 bits per heavy atom. The van der Waals surface area contributed by atoms with Crippen molar-refractivity contribution in [2.24, 2.45) is 5.92 Å². The van der Waals surface area contributed by atoms with E-state index in [0.29, 0.717) is 18.2 Å². The Hall–Kier alpha value is -0.120. The van der Waals surface area contributed by atoms with Crippen LogP contribution in [0, 0.1) is 5.92 Å². The number of nitrogens with zero attached hydrogens (tertiary/aromatic N) is 1. The zero-order chi connectivity index (χ0) is 11.5. The molecule has 3 unspecified atom stereocenters. The summed E-state index contributed by atoms with van der Waals surface area (Å²) >= 11 is 0. The van der Waals surface area contributed by atoms with E-state index in [1.54, 1.807) is 0 Å². The van der Waals surface area contributed by atoms with Crippen molar-refractivity contribution >= 4 is 0 Å². The molecule has 0 aromatic carbocycles. The number of likely N-dealkylation sites (tertiary alicyclic amines) is 1. The summed E-state index contributed by atoms with van der Waals surface area (Å²) in [5.41, 5.74) is 0. The molecule has 16 heavy (non-hydrogen) atoms. The molecule has 0 radical (unpaired) electrons. The van der Waals surface area contributed by atoms with Gasteiger partial charge in [0.15, 0.2) is 0 Å². The first-order valence-electron chi connectivity index (χ1n) is 6.73. The van der Waals surface area contributed by atoms with E-state index in [2.05, 4.69) is 31.1 Å². The molecule has 0 aromatic rings. The first-order chi connectivity index (χ1) is 7.66. The Balaban J connectivity index is 1.76. The molecule has 0 amide bonds. The molecule has 0 saturated carbocycles. The van der Waals surface area contributed by atoms with E-state index in [1.807, 2.05) is 0 Å². The molecule has 3 heteroatoms. The summed E-state index contributed by atoms with van der Waals surface area (Å²) in [6.45, 7) is 7.98. The zero-order valence-electron chi connectivity index (χ0n) is 10.9. The minimum Gasteiger partial charge on any atom is -0.377 e. The average molecular weight is 226 g/mol. The van der Waals surface area contributed by atoms with Crippen LogP contribution in [-0.4, -0.2) is 49.8 Å². The molecule has 2 rings (SSSR count). The summed E-state index contributed by atoms with van der Waals surface area (Å²) in [6, 6.07) is 1.22. The van der Waals surface area contributed by atoms with Gasteiger partial charge < -0.3 is 15.0 Å². The molecule has 0 bridgehead atoms. The first-order valence-corrected chi connectivity index (χ1v) is 6.73. The molecule has 2 saturated heterocycles. The van der Waals surface area contributed by atoms with E-state index in [9.17, 15) is 0 Å². The fraction of sp³-hybridized carbons (Fsp3) is 1.00. The van der Waals surface area contributed by atoms with Gasteiger partial charge in [-0.05, 0) is 59.2 Å². The minimum absolute atomic E-state index is 0.397. The van der Waals surface area contributed by atoms with Crippen LogP contribution in [-0.2, 0) is 4.74 Å². The monoisotopic (exact) mass is 226 g/mol. The van der Waals surface area contributed by atoms with E-state index < -0.39 is 0 Å². The van der Waals surface area contributed by atoms with Gasteiger partial charge >= 0.3 is 0 Å². The minimum atomic E-state index is 0.397. The van der Waals surface area contributed by atoms with Crippen molar-refractivity contribution in [3.63, 3.8) is 0 Å². The van der Waals surface area contributed by atoms with Gasteiger partial charge in [0.1, 0.15) is 0 Å². The molecule has 3 atom stereocenters. The molecule has 2 aliphatic heterocycles. The molecule has 3 nitrogen and oxygen atoms in total. The summed E-state index contributed by atoms with van der Waals surface area (Å²) in [5.74, 6) is 0.851. The number of rotatable bonds is 3. The van der Waals surface area contributed by atoms with E-state index >= 15 is 0 Å². The Morgan fingerprint density at radius 3 is 2.50 bits per heavy atom. The smallest absolute Gasteiger partial charge is 0.0700 e. The van der Waals surface area contributed by atoms with Gasteiger partial charge in [-0.25, -0.2) is 0 Å². The van der Waals surface area contributed by atoms with Crippen molar-refractivity contribution in [1.29, 1.82) is 0 Å². The fourth-order valence-corrected chi connectivity index (χ4v) is 2.95. The second-order valence-corrected chi connectivity index (χ2v) is 5.57. The third kappa shape index (κ3) is 2.96. The Labute approximate surface area is 99.5 Å². The van der Waals surface area contributed by atoms with Crippen LogP contribution in [0.2, 0.25) is 0 Å². The van der Waals surface area contributed by atoms with Crippen LogP contribution in [0.1, 0.15) is 33.1 Å². The second kappa shape index (κ2) is 5.48. The predicted octanol–water partition coefficient (Wildman–Crippen LogP) is 1.48. The fourth-order valence-electron chi connectivity index (χ4n) is 2.95. The van der Waals surface area contributed by atoms with Crippen LogP contribution in [0.3, 0.4) is 0 Å². The van der Waals surface area contributed by atoms with Crippen molar-refractivity contribution < 1.29 is 4.74 Å². The maximum atomic E-state index is 5.60. The highest BCUT2D eigenvalue weighted by Crippen LogP contribution is 2.22. The van der Waals surface area contributed by atoms with Crippen molar-refractivity contribution in [2.75, 3.05) is 26.7 Å². The molecule has 94 valence electrons. The average Bonchev–Trinajstić information content (AvgIpc) is 2.65. The highest BCUT2D eigenvalue weighted by molar-refractivity contribution is 4.85. The number of piperidine rings is 1. The zero-order valence-corrected chi connectivity index (χ0v) is 10.9. The van der Waals surface area contributed by atoms with Crippen molar-refractivity contribution in [1.82, 2.24) is 10.2 Å². The van der Waals surface area contributed by atoms with Gasteiger partial charge in [-0.15, -0.1) is 0 Å². The summed E-state index contributed by atoms with van der Waals surface area (Å²) in [7, 11) is 2.22. The summed E-state index contributed by atoms with van der Waals surface area (Å²) in [5, 5.41) is 3.77. The molecule has 2 aliphatic rings. The molecule has 0 aromatic heterocycles. The molecule has 1 N–H and O–H groups in total. The van der Waals surface area contributed by atoms with Crippen LogP contribution in [0.5, 0.6) is 0 Å². The van der Waals surface area contributed by atoms with E-state index in [4.69, 9.17) is 4.74 Å². The van der Waals surface area contributed by atoms with Crippen molar-refractivity contribution in [3.05, 3.63) is 0 Å². The third-order valence-corrected chi connectivity index (χ3v) is 4.32. The standard InChI is InChI=1S/C13H26N2O/c1-10(12-4-7-15(3)8-5-12)14-13-6-9-16-11(13)2/h10-14H,4-9H2,1-3H3. The molecular formula is C13H26N2O. The highest BCUT2D eigenvalue weighted by Gasteiger charge is 2.29. The largest absolute Gasteiger partial charge is 0.377 e. The molecule has 0 spiro atoms. The van der Waals surface area contributed by atoms with Gasteiger partial charge in [0.2, 0.25) is 0 Å². The van der Waals surface area contributed by atoms with Crippen LogP contribution >= 0.6 is 0 Å². The van der Waals surface area contributed by atoms with Gasteiger partial charge in [-0.2, -0.15) is 0 Å². The maximum Gasteiger partial charge on any atom is 0.0700 e. The number of hydrogen-bond donors (Lipinski definition) is 1. The van der Waals surface area contributed by atoms with Crippen LogP contribution in [0.4, 0.5) is 0 Å². The van der Waals surface area contributed by atoms with E-state index in [-0.39, 0.29) is 0 Å². The number of ether oxygens (including phenoxy) is 1. The van der Waals surface area contributed by atoms with Gasteiger partial charge in [-0.1, -0.05) is 0 Å². The Bertz CT molecular complexity index is 214. The lowest BCUT2D eigenvalue weighted by atomic mass is 9.90. The second-order valence-electron chi connectivity index (χ2n) is 5.57. The first kappa shape index (κ1) is 12.3. The van der Waals surface area contributed by atoms with E-state index in [0.717, 1.165) is 12.5 Å². The maximum absolute atomic E-state index is 5.60. The Morgan fingerprint density at radius 2 is 1.94 bits per heavy atom. The Kier molecular flexibility index (Phi) is 4.22. The number of hydrogen-bond acceptors (Lipinski definition) is 3.